The second kappa shape index (κ2) is 6.01. The van der Waals surface area contributed by atoms with Gasteiger partial charge in [-0.3, -0.25) is 0 Å². The van der Waals surface area contributed by atoms with E-state index in [0.29, 0.717) is 17.2 Å². The van der Waals surface area contributed by atoms with Crippen LogP contribution < -0.4 is 10.5 Å². The third kappa shape index (κ3) is 4.00. The van der Waals surface area contributed by atoms with Gasteiger partial charge in [0.25, 0.3) is 0 Å². The highest BCUT2D eigenvalue weighted by Crippen LogP contribution is 2.28. The van der Waals surface area contributed by atoms with E-state index in [-0.39, 0.29) is 18.0 Å². The molecule has 2 unspecified atom stereocenters. The summed E-state index contributed by atoms with van der Waals surface area (Å²) in [5, 5.41) is 0. The van der Waals surface area contributed by atoms with Crippen molar-refractivity contribution in [2.24, 2.45) is 11.7 Å². The van der Waals surface area contributed by atoms with Crippen molar-refractivity contribution in [3.63, 3.8) is 0 Å². The van der Waals surface area contributed by atoms with E-state index in [9.17, 15) is 4.39 Å². The average Bonchev–Trinajstić information content (AvgIpc) is 2.15. The standard InChI is InChI=1S/C14H22FNO/c1-9(2)8-10(3)17-13-7-5-6-12(15)14(13)11(4)16/h5-7,9-11H,8,16H2,1-4H3. The molecule has 0 saturated carbocycles. The minimum absolute atomic E-state index is 0.0642. The Bertz CT molecular complexity index is 363. The van der Waals surface area contributed by atoms with E-state index in [0.717, 1.165) is 6.42 Å². The van der Waals surface area contributed by atoms with Crippen molar-refractivity contribution < 1.29 is 9.13 Å². The van der Waals surface area contributed by atoms with Gasteiger partial charge in [0.15, 0.2) is 0 Å². The molecule has 2 N–H and O–H groups in total. The summed E-state index contributed by atoms with van der Waals surface area (Å²) >= 11 is 0. The van der Waals surface area contributed by atoms with Gasteiger partial charge in [-0.05, 0) is 38.3 Å². The third-order valence-electron chi connectivity index (χ3n) is 2.60. The summed E-state index contributed by atoms with van der Waals surface area (Å²) in [6.07, 6.45) is 1.00. The van der Waals surface area contributed by atoms with Crippen molar-refractivity contribution in [1.29, 1.82) is 0 Å². The summed E-state index contributed by atoms with van der Waals surface area (Å²) < 4.78 is 19.4. The molecule has 96 valence electrons. The molecule has 0 radical (unpaired) electrons. The summed E-state index contributed by atoms with van der Waals surface area (Å²) in [4.78, 5) is 0. The molecule has 0 aliphatic rings. The van der Waals surface area contributed by atoms with Gasteiger partial charge in [-0.25, -0.2) is 4.39 Å². The highest BCUT2D eigenvalue weighted by molar-refractivity contribution is 5.36. The van der Waals surface area contributed by atoms with Crippen LogP contribution in [0.25, 0.3) is 0 Å². The zero-order valence-electron chi connectivity index (χ0n) is 11.0. The molecule has 0 heterocycles. The van der Waals surface area contributed by atoms with Crippen LogP contribution in [0.3, 0.4) is 0 Å². The molecule has 0 aliphatic heterocycles. The Hall–Kier alpha value is -1.09. The van der Waals surface area contributed by atoms with E-state index >= 15 is 0 Å². The van der Waals surface area contributed by atoms with Crippen molar-refractivity contribution in [3.8, 4) is 5.75 Å². The van der Waals surface area contributed by atoms with Crippen LogP contribution in [0.2, 0.25) is 0 Å². The van der Waals surface area contributed by atoms with Crippen LogP contribution in [0.15, 0.2) is 18.2 Å². The number of ether oxygens (including phenoxy) is 1. The average molecular weight is 239 g/mol. The number of nitrogens with two attached hydrogens (primary N) is 1. The number of rotatable bonds is 5. The molecule has 3 heteroatoms. The molecule has 2 nitrogen and oxygen atoms in total. The van der Waals surface area contributed by atoms with E-state index in [1.54, 1.807) is 19.1 Å². The molecule has 0 bridgehead atoms. The predicted octanol–water partition coefficient (Wildman–Crippen LogP) is 3.66. The maximum absolute atomic E-state index is 13.7. The first-order chi connectivity index (χ1) is 7.91. The monoisotopic (exact) mass is 239 g/mol. The molecule has 0 spiro atoms. The van der Waals surface area contributed by atoms with Crippen molar-refractivity contribution in [3.05, 3.63) is 29.6 Å². The summed E-state index contributed by atoms with van der Waals surface area (Å²) in [5.74, 6) is 0.819. The van der Waals surface area contributed by atoms with Gasteiger partial charge in [-0.1, -0.05) is 19.9 Å². The maximum Gasteiger partial charge on any atom is 0.131 e. The fourth-order valence-electron chi connectivity index (χ4n) is 1.99. The molecule has 0 fully saturated rings. The largest absolute Gasteiger partial charge is 0.490 e. The number of hydrogen-bond donors (Lipinski definition) is 1. The quantitative estimate of drug-likeness (QED) is 0.851. The molecular weight excluding hydrogens is 217 g/mol. The van der Waals surface area contributed by atoms with Crippen LogP contribution in [0.4, 0.5) is 4.39 Å². The fourth-order valence-corrected chi connectivity index (χ4v) is 1.99. The van der Waals surface area contributed by atoms with Crippen LogP contribution in [-0.2, 0) is 0 Å². The van der Waals surface area contributed by atoms with Crippen LogP contribution in [-0.4, -0.2) is 6.10 Å². The Labute approximate surface area is 103 Å². The Kier molecular flexibility index (Phi) is 4.94. The SMILES string of the molecule is CC(C)CC(C)Oc1cccc(F)c1C(C)N. The number of halogens is 1. The molecule has 0 aromatic heterocycles. The van der Waals surface area contributed by atoms with Crippen LogP contribution in [0, 0.1) is 11.7 Å². The molecule has 1 aromatic carbocycles. The van der Waals surface area contributed by atoms with Crippen LogP contribution in [0.1, 0.15) is 45.7 Å². The Morgan fingerprint density at radius 2 is 1.88 bits per heavy atom. The highest BCUT2D eigenvalue weighted by atomic mass is 19.1. The van der Waals surface area contributed by atoms with Crippen molar-refractivity contribution in [1.82, 2.24) is 0 Å². The van der Waals surface area contributed by atoms with E-state index in [1.165, 1.54) is 6.07 Å². The normalized spacial score (nSPS) is 14.8. The van der Waals surface area contributed by atoms with Gasteiger partial charge >= 0.3 is 0 Å². The maximum atomic E-state index is 13.7. The van der Waals surface area contributed by atoms with Crippen molar-refractivity contribution >= 4 is 0 Å². The Morgan fingerprint density at radius 1 is 1.24 bits per heavy atom. The van der Waals surface area contributed by atoms with E-state index < -0.39 is 0 Å². The van der Waals surface area contributed by atoms with Gasteiger partial charge in [0.05, 0.1) is 6.10 Å². The zero-order valence-corrected chi connectivity index (χ0v) is 11.0. The van der Waals surface area contributed by atoms with Gasteiger partial charge in [0.2, 0.25) is 0 Å². The van der Waals surface area contributed by atoms with Crippen LogP contribution in [0.5, 0.6) is 5.75 Å². The molecule has 0 aliphatic carbocycles. The summed E-state index contributed by atoms with van der Waals surface area (Å²) in [7, 11) is 0. The van der Waals surface area contributed by atoms with Gasteiger partial charge in [0.1, 0.15) is 11.6 Å². The van der Waals surface area contributed by atoms with E-state index in [2.05, 4.69) is 13.8 Å². The molecule has 17 heavy (non-hydrogen) atoms. The first-order valence-corrected chi connectivity index (χ1v) is 6.12. The topological polar surface area (TPSA) is 35.2 Å². The van der Waals surface area contributed by atoms with Crippen LogP contribution >= 0.6 is 0 Å². The van der Waals surface area contributed by atoms with Gasteiger partial charge in [-0.2, -0.15) is 0 Å². The Balaban J connectivity index is 2.87. The minimum Gasteiger partial charge on any atom is -0.490 e. The van der Waals surface area contributed by atoms with Gasteiger partial charge < -0.3 is 10.5 Å². The smallest absolute Gasteiger partial charge is 0.131 e. The van der Waals surface area contributed by atoms with Gasteiger partial charge in [0, 0.05) is 11.6 Å². The first kappa shape index (κ1) is 14.0. The lowest BCUT2D eigenvalue weighted by molar-refractivity contribution is 0.190. The molecule has 1 rings (SSSR count). The predicted molar refractivity (Wildman–Crippen MR) is 68.5 cm³/mol. The Morgan fingerprint density at radius 3 is 2.41 bits per heavy atom. The molecule has 1 aromatic rings. The number of hydrogen-bond acceptors (Lipinski definition) is 2. The minimum atomic E-state index is -0.363. The fraction of sp³-hybridized carbons (Fsp3) is 0.571. The molecule has 0 amide bonds. The van der Waals surface area contributed by atoms with Gasteiger partial charge in [-0.15, -0.1) is 0 Å². The molecular formula is C14H22FNO. The van der Waals surface area contributed by atoms with E-state index in [1.807, 2.05) is 6.92 Å². The summed E-state index contributed by atoms with van der Waals surface area (Å²) in [5.41, 5.74) is 6.23. The zero-order chi connectivity index (χ0) is 13.0. The van der Waals surface area contributed by atoms with Crippen molar-refractivity contribution in [2.45, 2.75) is 46.3 Å². The van der Waals surface area contributed by atoms with Crippen molar-refractivity contribution in [2.75, 3.05) is 0 Å². The lowest BCUT2D eigenvalue weighted by Gasteiger charge is -2.20. The molecule has 2 atom stereocenters. The highest BCUT2D eigenvalue weighted by Gasteiger charge is 2.16. The lowest BCUT2D eigenvalue weighted by Crippen LogP contribution is -2.17. The summed E-state index contributed by atoms with van der Waals surface area (Å²) in [6, 6.07) is 4.48. The lowest BCUT2D eigenvalue weighted by atomic mass is 10.1. The molecule has 0 saturated heterocycles. The van der Waals surface area contributed by atoms with E-state index in [4.69, 9.17) is 10.5 Å². The first-order valence-electron chi connectivity index (χ1n) is 6.12. The number of benzene rings is 1. The second-order valence-electron chi connectivity index (χ2n) is 5.00. The third-order valence-corrected chi connectivity index (χ3v) is 2.60. The summed E-state index contributed by atoms with van der Waals surface area (Å²) in [6.45, 7) is 8.03. The second-order valence-corrected chi connectivity index (χ2v) is 5.00.